The number of anilines is 1. The molecule has 17 heavy (non-hydrogen) atoms. The van der Waals surface area contributed by atoms with Crippen molar-refractivity contribution in [1.29, 1.82) is 0 Å². The lowest BCUT2D eigenvalue weighted by Crippen LogP contribution is -1.93. The fourth-order valence-electron chi connectivity index (χ4n) is 1.44. The van der Waals surface area contributed by atoms with Crippen molar-refractivity contribution in [3.05, 3.63) is 52.0 Å². The molecule has 2 rings (SSSR count). The van der Waals surface area contributed by atoms with Crippen LogP contribution in [0.25, 0.3) is 0 Å². The van der Waals surface area contributed by atoms with Gasteiger partial charge in [0.15, 0.2) is 5.75 Å². The van der Waals surface area contributed by atoms with Gasteiger partial charge in [0.1, 0.15) is 5.75 Å². The summed E-state index contributed by atoms with van der Waals surface area (Å²) in [5.74, 6) is 1.26. The Labute approximate surface area is 110 Å². The minimum Gasteiger partial charge on any atom is -0.455 e. The highest BCUT2D eigenvalue weighted by Gasteiger charge is 2.06. The third-order valence-corrected chi connectivity index (χ3v) is 2.80. The second-order valence-corrected chi connectivity index (χ2v) is 4.57. The van der Waals surface area contributed by atoms with Gasteiger partial charge in [0.25, 0.3) is 0 Å². The maximum absolute atomic E-state index is 5.89. The van der Waals surface area contributed by atoms with Gasteiger partial charge in [-0.15, -0.1) is 0 Å². The Morgan fingerprint density at radius 2 is 1.59 bits per heavy atom. The highest BCUT2D eigenvalue weighted by Crippen LogP contribution is 2.32. The zero-order chi connectivity index (χ0) is 12.4. The maximum Gasteiger partial charge on any atom is 0.151 e. The van der Waals surface area contributed by atoms with Crippen LogP contribution in [0.15, 0.2) is 36.4 Å². The van der Waals surface area contributed by atoms with Crippen molar-refractivity contribution in [1.82, 2.24) is 0 Å². The molecule has 2 N–H and O–H groups in total. The van der Waals surface area contributed by atoms with Crippen LogP contribution in [0, 0.1) is 6.92 Å². The summed E-state index contributed by atoms with van der Waals surface area (Å²) in [5, 5.41) is 1.26. The molecule has 0 aliphatic rings. The number of benzene rings is 2. The minimum absolute atomic E-state index is 0.544. The Bertz CT molecular complexity index is 555. The number of aryl methyl sites for hydroxylation is 1. The topological polar surface area (TPSA) is 35.2 Å². The number of rotatable bonds is 2. The third-order valence-electron chi connectivity index (χ3n) is 2.33. The van der Waals surface area contributed by atoms with Crippen LogP contribution in [-0.4, -0.2) is 0 Å². The van der Waals surface area contributed by atoms with E-state index in [4.69, 9.17) is 33.7 Å². The summed E-state index contributed by atoms with van der Waals surface area (Å²) in [6, 6.07) is 10.5. The predicted molar refractivity (Wildman–Crippen MR) is 72.1 cm³/mol. The fraction of sp³-hybridized carbons (Fsp3) is 0.0769. The molecule has 4 heteroatoms. The molecule has 0 heterocycles. The van der Waals surface area contributed by atoms with E-state index in [0.717, 1.165) is 5.56 Å². The Balaban J connectivity index is 2.34. The van der Waals surface area contributed by atoms with E-state index >= 15 is 0 Å². The highest BCUT2D eigenvalue weighted by molar-refractivity contribution is 6.31. The molecule has 0 spiro atoms. The van der Waals surface area contributed by atoms with E-state index in [1.54, 1.807) is 30.3 Å². The van der Waals surface area contributed by atoms with E-state index in [-0.39, 0.29) is 0 Å². The van der Waals surface area contributed by atoms with Gasteiger partial charge in [-0.2, -0.15) is 0 Å². The highest BCUT2D eigenvalue weighted by atomic mass is 35.5. The molecule has 0 unspecified atom stereocenters. The summed E-state index contributed by atoms with van der Waals surface area (Å²) in [7, 11) is 0. The number of nitrogens with two attached hydrogens (primary N) is 1. The van der Waals surface area contributed by atoms with Gasteiger partial charge in [-0.05, 0) is 42.8 Å². The van der Waals surface area contributed by atoms with E-state index in [2.05, 4.69) is 0 Å². The van der Waals surface area contributed by atoms with Crippen molar-refractivity contribution in [2.75, 3.05) is 5.73 Å². The van der Waals surface area contributed by atoms with Crippen molar-refractivity contribution >= 4 is 28.9 Å². The summed E-state index contributed by atoms with van der Waals surface area (Å²) < 4.78 is 5.71. The SMILES string of the molecule is Cc1cc(Cl)ccc1Oc1cc(Cl)ccc1N. The average Bonchev–Trinajstić information content (AvgIpc) is 2.27. The molecule has 0 aliphatic heterocycles. The molecule has 0 amide bonds. The zero-order valence-electron chi connectivity index (χ0n) is 9.21. The molecule has 88 valence electrons. The molecule has 0 bridgehead atoms. The first-order valence-corrected chi connectivity index (χ1v) is 5.81. The first-order chi connectivity index (χ1) is 8.06. The lowest BCUT2D eigenvalue weighted by Gasteiger charge is -2.11. The lowest BCUT2D eigenvalue weighted by atomic mass is 10.2. The van der Waals surface area contributed by atoms with Crippen molar-refractivity contribution < 1.29 is 4.74 Å². The largest absolute Gasteiger partial charge is 0.455 e. The molecular formula is C13H11Cl2NO. The molecular weight excluding hydrogens is 257 g/mol. The summed E-state index contributed by atoms with van der Waals surface area (Å²) in [5.41, 5.74) is 7.29. The van der Waals surface area contributed by atoms with Crippen LogP contribution in [-0.2, 0) is 0 Å². The summed E-state index contributed by atoms with van der Waals surface area (Å²) in [4.78, 5) is 0. The molecule has 2 aromatic rings. The van der Waals surface area contributed by atoms with E-state index < -0.39 is 0 Å². The Hall–Kier alpha value is -1.38. The second-order valence-electron chi connectivity index (χ2n) is 3.69. The van der Waals surface area contributed by atoms with Crippen molar-refractivity contribution in [3.63, 3.8) is 0 Å². The monoisotopic (exact) mass is 267 g/mol. The zero-order valence-corrected chi connectivity index (χ0v) is 10.7. The van der Waals surface area contributed by atoms with Crippen LogP contribution in [0.5, 0.6) is 11.5 Å². The van der Waals surface area contributed by atoms with Crippen LogP contribution in [0.2, 0.25) is 10.0 Å². The van der Waals surface area contributed by atoms with Gasteiger partial charge in [0.05, 0.1) is 5.69 Å². The number of halogens is 2. The Morgan fingerprint density at radius 3 is 2.29 bits per heavy atom. The third kappa shape index (κ3) is 2.84. The van der Waals surface area contributed by atoms with Gasteiger partial charge < -0.3 is 10.5 Å². The van der Waals surface area contributed by atoms with Gasteiger partial charge in [0.2, 0.25) is 0 Å². The van der Waals surface area contributed by atoms with Gasteiger partial charge >= 0.3 is 0 Å². The fourth-order valence-corrected chi connectivity index (χ4v) is 1.83. The lowest BCUT2D eigenvalue weighted by molar-refractivity contribution is 0.481. The molecule has 0 atom stereocenters. The number of ether oxygens (including phenoxy) is 1. The first-order valence-electron chi connectivity index (χ1n) is 5.05. The summed E-state index contributed by atoms with van der Waals surface area (Å²) in [6.07, 6.45) is 0. The first kappa shape index (κ1) is 12.1. The smallest absolute Gasteiger partial charge is 0.151 e. The maximum atomic E-state index is 5.89. The summed E-state index contributed by atoms with van der Waals surface area (Å²) in [6.45, 7) is 1.92. The van der Waals surface area contributed by atoms with E-state index in [0.29, 0.717) is 27.2 Å². The van der Waals surface area contributed by atoms with Crippen LogP contribution in [0.3, 0.4) is 0 Å². The number of hydrogen-bond donors (Lipinski definition) is 1. The van der Waals surface area contributed by atoms with Crippen LogP contribution in [0.4, 0.5) is 5.69 Å². The van der Waals surface area contributed by atoms with Crippen molar-refractivity contribution in [2.24, 2.45) is 0 Å². The van der Waals surface area contributed by atoms with Crippen molar-refractivity contribution in [3.8, 4) is 11.5 Å². The Morgan fingerprint density at radius 1 is 0.941 bits per heavy atom. The molecule has 2 nitrogen and oxygen atoms in total. The summed E-state index contributed by atoms with van der Waals surface area (Å²) >= 11 is 11.8. The predicted octanol–water partition coefficient (Wildman–Crippen LogP) is 4.68. The number of nitrogen functional groups attached to an aromatic ring is 1. The van der Waals surface area contributed by atoms with Crippen LogP contribution in [0.1, 0.15) is 5.56 Å². The molecule has 0 aliphatic carbocycles. The van der Waals surface area contributed by atoms with Gasteiger partial charge in [-0.1, -0.05) is 23.2 Å². The van der Waals surface area contributed by atoms with Gasteiger partial charge in [-0.3, -0.25) is 0 Å². The van der Waals surface area contributed by atoms with E-state index in [9.17, 15) is 0 Å². The van der Waals surface area contributed by atoms with Crippen LogP contribution < -0.4 is 10.5 Å². The van der Waals surface area contributed by atoms with Gasteiger partial charge in [-0.25, -0.2) is 0 Å². The molecule has 2 aromatic carbocycles. The van der Waals surface area contributed by atoms with E-state index in [1.165, 1.54) is 0 Å². The second kappa shape index (κ2) is 4.86. The number of hydrogen-bond acceptors (Lipinski definition) is 2. The van der Waals surface area contributed by atoms with Crippen LogP contribution >= 0.6 is 23.2 Å². The quantitative estimate of drug-likeness (QED) is 0.803. The van der Waals surface area contributed by atoms with Crippen molar-refractivity contribution in [2.45, 2.75) is 6.92 Å². The normalized spacial score (nSPS) is 10.3. The molecule has 0 aromatic heterocycles. The standard InChI is InChI=1S/C13H11Cl2NO/c1-8-6-9(14)3-5-12(8)17-13-7-10(15)2-4-11(13)16/h2-7H,16H2,1H3. The Kier molecular flexibility index (Phi) is 3.46. The molecule has 0 saturated heterocycles. The molecule has 0 fully saturated rings. The van der Waals surface area contributed by atoms with E-state index in [1.807, 2.05) is 13.0 Å². The molecule has 0 saturated carbocycles. The van der Waals surface area contributed by atoms with Gasteiger partial charge in [0, 0.05) is 16.1 Å². The minimum atomic E-state index is 0.544. The molecule has 0 radical (unpaired) electrons. The average molecular weight is 268 g/mol.